The largest absolute Gasteiger partial charge is 0.316 e. The molecule has 0 N–H and O–H groups in total. The van der Waals surface area contributed by atoms with Crippen LogP contribution in [0.2, 0.25) is 0 Å². The summed E-state index contributed by atoms with van der Waals surface area (Å²) in [4.78, 5) is 3.31. The van der Waals surface area contributed by atoms with Gasteiger partial charge in [0.2, 0.25) is 5.92 Å². The van der Waals surface area contributed by atoms with E-state index in [4.69, 9.17) is 13.0 Å². The molecule has 1 rings (SSSR count). The predicted molar refractivity (Wildman–Crippen MR) is 74.0 cm³/mol. The Labute approximate surface area is 124 Å². The molecule has 1 saturated carbocycles. The molecule has 5 heteroatoms. The number of rotatable bonds is 5. The molecule has 21 heavy (non-hydrogen) atoms. The summed E-state index contributed by atoms with van der Waals surface area (Å²) in [7, 11) is 0. The number of alkyl halides is 3. The van der Waals surface area contributed by atoms with E-state index in [2.05, 4.69) is 10.8 Å². The minimum Gasteiger partial charge on any atom is -0.294 e. The van der Waals surface area contributed by atoms with Crippen LogP contribution in [0.1, 0.15) is 51.9 Å². The Hall–Kier alpha value is -1.67. The van der Waals surface area contributed by atoms with Gasteiger partial charge in [-0.05, 0) is 38.5 Å². The molecule has 0 radical (unpaired) electrons. The fourth-order valence-corrected chi connectivity index (χ4v) is 2.72. The van der Waals surface area contributed by atoms with E-state index >= 15 is 0 Å². The fourth-order valence-electron chi connectivity index (χ4n) is 2.72. The van der Waals surface area contributed by atoms with Crippen LogP contribution in [0, 0.1) is 36.2 Å². The van der Waals surface area contributed by atoms with Crippen molar-refractivity contribution in [3.8, 4) is 18.4 Å². The number of terminal acetylenes is 1. The van der Waals surface area contributed by atoms with Crippen molar-refractivity contribution in [2.24, 2.45) is 5.92 Å². The van der Waals surface area contributed by atoms with Crippen LogP contribution in [0.25, 0.3) is 4.85 Å². The van der Waals surface area contributed by atoms with Crippen LogP contribution < -0.4 is 0 Å². The molecule has 1 aliphatic carbocycles. The lowest BCUT2D eigenvalue weighted by Crippen LogP contribution is -2.33. The normalized spacial score (nSPS) is 28.7. The summed E-state index contributed by atoms with van der Waals surface area (Å²) in [6.45, 7) is 7.98. The summed E-state index contributed by atoms with van der Waals surface area (Å²) in [6.07, 6.45) is 6.09. The van der Waals surface area contributed by atoms with Gasteiger partial charge in [-0.25, -0.2) is 19.7 Å². The highest BCUT2D eigenvalue weighted by Gasteiger charge is 2.44. The highest BCUT2D eigenvalue weighted by molar-refractivity contribution is 5.17. The van der Waals surface area contributed by atoms with E-state index in [0.29, 0.717) is 12.8 Å². The first-order valence-electron chi connectivity index (χ1n) is 7.02. The van der Waals surface area contributed by atoms with Crippen molar-refractivity contribution < 1.29 is 13.2 Å². The van der Waals surface area contributed by atoms with Gasteiger partial charge >= 0.3 is 5.54 Å². The zero-order chi connectivity index (χ0) is 16.1. The smallest absolute Gasteiger partial charge is 0.294 e. The maximum Gasteiger partial charge on any atom is 0.316 e. The minimum atomic E-state index is -2.89. The molecule has 114 valence electrons. The third kappa shape index (κ3) is 4.98. The van der Waals surface area contributed by atoms with Gasteiger partial charge in [-0.3, -0.25) is 4.85 Å². The van der Waals surface area contributed by atoms with Gasteiger partial charge in [-0.1, -0.05) is 5.92 Å². The summed E-state index contributed by atoms with van der Waals surface area (Å²) < 4.78 is 39.8. The van der Waals surface area contributed by atoms with Gasteiger partial charge < -0.3 is 0 Å². The molecular weight excluding hydrogens is 277 g/mol. The van der Waals surface area contributed by atoms with Crippen molar-refractivity contribution in [1.82, 2.24) is 0 Å². The van der Waals surface area contributed by atoms with Crippen molar-refractivity contribution in [2.45, 2.75) is 69.0 Å². The highest BCUT2D eigenvalue weighted by atomic mass is 19.3. The molecule has 1 fully saturated rings. The number of nitrogens with zero attached hydrogens (tertiary/aromatic N) is 2. The van der Waals surface area contributed by atoms with Crippen LogP contribution in [0.5, 0.6) is 0 Å². The number of hydrogen-bond donors (Lipinski definition) is 0. The number of nitriles is 1. The molecule has 1 aliphatic rings. The highest BCUT2D eigenvalue weighted by Crippen LogP contribution is 2.40. The van der Waals surface area contributed by atoms with E-state index in [9.17, 15) is 18.4 Å². The quantitative estimate of drug-likeness (QED) is 0.541. The monoisotopic (exact) mass is 296 g/mol. The molecule has 0 heterocycles. The Morgan fingerprint density at radius 1 is 1.38 bits per heavy atom. The average molecular weight is 296 g/mol. The van der Waals surface area contributed by atoms with Gasteiger partial charge in [-0.15, -0.1) is 6.42 Å². The Morgan fingerprint density at radius 3 is 2.33 bits per heavy atom. The maximum atomic E-state index is 13.9. The van der Waals surface area contributed by atoms with Crippen LogP contribution in [0.15, 0.2) is 0 Å². The van der Waals surface area contributed by atoms with Crippen LogP contribution in [-0.4, -0.2) is 17.1 Å². The molecule has 0 aromatic carbocycles. The topological polar surface area (TPSA) is 28.1 Å². The van der Waals surface area contributed by atoms with Gasteiger partial charge in [0.1, 0.15) is 0 Å². The Bertz CT molecular complexity index is 466. The van der Waals surface area contributed by atoms with Gasteiger partial charge in [0.25, 0.3) is 0 Å². The molecule has 0 amide bonds. The van der Waals surface area contributed by atoms with Crippen molar-refractivity contribution in [3.05, 3.63) is 11.4 Å². The lowest BCUT2D eigenvalue weighted by atomic mass is 9.74. The van der Waals surface area contributed by atoms with E-state index < -0.39 is 23.6 Å². The second-order valence-corrected chi connectivity index (χ2v) is 6.08. The van der Waals surface area contributed by atoms with Crippen molar-refractivity contribution >= 4 is 0 Å². The van der Waals surface area contributed by atoms with E-state index in [0.717, 1.165) is 6.92 Å². The molecule has 2 nitrogen and oxygen atoms in total. The van der Waals surface area contributed by atoms with E-state index in [1.807, 2.05) is 6.07 Å². The van der Waals surface area contributed by atoms with Crippen molar-refractivity contribution in [1.29, 1.82) is 5.26 Å². The van der Waals surface area contributed by atoms with Crippen molar-refractivity contribution in [3.63, 3.8) is 0 Å². The summed E-state index contributed by atoms with van der Waals surface area (Å²) in [5.74, 6) is -0.759. The standard InChI is InChI=1S/C16H19F3N2/c1-4-15(19)7-5-13(6-8-15)11-16(12-20,21-3)10-9-14(2,17)18/h1,13H,5-11H2,2H3. The molecule has 0 spiro atoms. The summed E-state index contributed by atoms with van der Waals surface area (Å²) in [6, 6.07) is 1.90. The Morgan fingerprint density at radius 2 is 1.95 bits per heavy atom. The molecule has 0 aliphatic heterocycles. The molecule has 0 bridgehead atoms. The predicted octanol–water partition coefficient (Wildman–Crippen LogP) is 4.53. The van der Waals surface area contributed by atoms with E-state index in [1.165, 1.54) is 0 Å². The first kappa shape index (κ1) is 17.4. The third-order valence-corrected chi connectivity index (χ3v) is 4.18. The van der Waals surface area contributed by atoms with Crippen LogP contribution in [0.3, 0.4) is 0 Å². The second-order valence-electron chi connectivity index (χ2n) is 6.08. The molecule has 1 atom stereocenters. The van der Waals surface area contributed by atoms with Crippen LogP contribution in [0.4, 0.5) is 13.2 Å². The van der Waals surface area contributed by atoms with E-state index in [1.54, 1.807) is 0 Å². The van der Waals surface area contributed by atoms with Gasteiger partial charge in [0.15, 0.2) is 11.7 Å². The van der Waals surface area contributed by atoms with Crippen LogP contribution >= 0.6 is 0 Å². The summed E-state index contributed by atoms with van der Waals surface area (Å²) in [5, 5.41) is 9.24. The number of hydrogen-bond acceptors (Lipinski definition) is 1. The first-order chi connectivity index (χ1) is 9.67. The second kappa shape index (κ2) is 6.40. The number of halogens is 3. The van der Waals surface area contributed by atoms with Crippen LogP contribution in [-0.2, 0) is 0 Å². The summed E-state index contributed by atoms with van der Waals surface area (Å²) in [5.41, 5.74) is -3.03. The average Bonchev–Trinajstić information content (AvgIpc) is 2.45. The lowest BCUT2D eigenvalue weighted by molar-refractivity contribution is 0.00717. The Kier molecular flexibility index (Phi) is 5.30. The molecular formula is C16H19F3N2. The first-order valence-corrected chi connectivity index (χ1v) is 7.02. The van der Waals surface area contributed by atoms with Gasteiger partial charge in [0.05, 0.1) is 0 Å². The summed E-state index contributed by atoms with van der Waals surface area (Å²) >= 11 is 0. The molecule has 0 aromatic rings. The minimum absolute atomic E-state index is 0.0125. The zero-order valence-electron chi connectivity index (χ0n) is 12.1. The van der Waals surface area contributed by atoms with Gasteiger partial charge in [0, 0.05) is 19.3 Å². The zero-order valence-corrected chi connectivity index (χ0v) is 12.1. The fraction of sp³-hybridized carbons (Fsp3) is 0.750. The molecule has 0 aromatic heterocycles. The molecule has 1 unspecified atom stereocenters. The third-order valence-electron chi connectivity index (χ3n) is 4.18. The van der Waals surface area contributed by atoms with Gasteiger partial charge in [-0.2, -0.15) is 5.26 Å². The SMILES string of the molecule is [C-]#[N+]C(C#N)(CCC(C)(F)F)CC1CCC(F)(C#C)CC1. The van der Waals surface area contributed by atoms with Crippen molar-refractivity contribution in [2.75, 3.05) is 0 Å². The Balaban J connectivity index is 2.67. The maximum absolute atomic E-state index is 13.9. The lowest BCUT2D eigenvalue weighted by Gasteiger charge is -2.31. The molecule has 0 saturated heterocycles. The van der Waals surface area contributed by atoms with E-state index in [-0.39, 0.29) is 31.6 Å².